The fraction of sp³-hybridized carbons (Fsp3) is 0.474. The van der Waals surface area contributed by atoms with E-state index in [1.165, 1.54) is 7.11 Å². The lowest BCUT2D eigenvalue weighted by molar-refractivity contribution is 0.204. The van der Waals surface area contributed by atoms with Crippen LogP contribution in [0.25, 0.3) is 0 Å². The number of aryl methyl sites for hydroxylation is 1. The first kappa shape index (κ1) is 23.3. The lowest BCUT2D eigenvalue weighted by Gasteiger charge is -2.11. The first-order valence-corrected chi connectivity index (χ1v) is 11.8. The number of hydrogen-bond acceptors (Lipinski definition) is 6. The number of thiazole rings is 1. The van der Waals surface area contributed by atoms with Gasteiger partial charge in [0, 0.05) is 38.5 Å². The number of benzene rings is 1. The van der Waals surface area contributed by atoms with Crippen LogP contribution in [0.5, 0.6) is 0 Å². The molecule has 160 valence electrons. The van der Waals surface area contributed by atoms with E-state index in [0.29, 0.717) is 25.7 Å². The Kier molecular flexibility index (Phi) is 9.52. The highest BCUT2D eigenvalue weighted by Crippen LogP contribution is 2.12. The number of aliphatic imine (C=N–C) groups is 1. The second kappa shape index (κ2) is 11.9. The highest BCUT2D eigenvalue weighted by atomic mass is 32.2. The van der Waals surface area contributed by atoms with E-state index in [1.54, 1.807) is 29.5 Å². The maximum Gasteiger partial charge on any atom is 0.240 e. The standard InChI is InChI=1S/C19H29N5O3S2/c1-4-20-19(21-9-8-17-14-28-15(2)24-17)22-13-16-6-5-7-18(12-16)29(25,26)23-10-11-27-3/h5-7,12,14,23H,4,8-11,13H2,1-3H3,(H2,20,21,22). The van der Waals surface area contributed by atoms with Crippen LogP contribution >= 0.6 is 11.3 Å². The molecule has 1 aromatic carbocycles. The Labute approximate surface area is 176 Å². The van der Waals surface area contributed by atoms with Crippen molar-refractivity contribution in [3.05, 3.63) is 45.9 Å². The van der Waals surface area contributed by atoms with Crippen molar-refractivity contribution in [2.24, 2.45) is 4.99 Å². The molecule has 0 aliphatic rings. The summed E-state index contributed by atoms with van der Waals surface area (Å²) in [7, 11) is -2.03. The molecule has 2 aromatic rings. The number of guanidine groups is 1. The summed E-state index contributed by atoms with van der Waals surface area (Å²) in [5.41, 5.74) is 1.88. The molecule has 1 aromatic heterocycles. The van der Waals surface area contributed by atoms with Gasteiger partial charge in [-0.15, -0.1) is 11.3 Å². The topological polar surface area (TPSA) is 105 Å². The normalized spacial score (nSPS) is 12.2. The van der Waals surface area contributed by atoms with E-state index in [1.807, 2.05) is 19.9 Å². The molecule has 0 aliphatic heterocycles. The minimum Gasteiger partial charge on any atom is -0.383 e. The van der Waals surface area contributed by atoms with E-state index >= 15 is 0 Å². The summed E-state index contributed by atoms with van der Waals surface area (Å²) >= 11 is 1.64. The van der Waals surface area contributed by atoms with E-state index in [2.05, 4.69) is 30.7 Å². The fourth-order valence-corrected chi connectivity index (χ4v) is 4.25. The third-order valence-corrected chi connectivity index (χ3v) is 6.19. The van der Waals surface area contributed by atoms with E-state index in [-0.39, 0.29) is 11.4 Å². The van der Waals surface area contributed by atoms with Gasteiger partial charge in [-0.05, 0) is 31.5 Å². The Morgan fingerprint density at radius 1 is 1.28 bits per heavy atom. The van der Waals surface area contributed by atoms with Crippen molar-refractivity contribution in [1.82, 2.24) is 20.3 Å². The Bertz CT molecular complexity index is 897. The van der Waals surface area contributed by atoms with Crippen LogP contribution < -0.4 is 15.4 Å². The van der Waals surface area contributed by atoms with Crippen LogP contribution in [0.15, 0.2) is 39.5 Å². The number of ether oxygens (including phenoxy) is 1. The van der Waals surface area contributed by atoms with Crippen LogP contribution in [-0.2, 0) is 27.7 Å². The average Bonchev–Trinajstić information content (AvgIpc) is 3.11. The Balaban J connectivity index is 1.97. The largest absolute Gasteiger partial charge is 0.383 e. The Morgan fingerprint density at radius 3 is 2.79 bits per heavy atom. The third-order valence-electron chi connectivity index (χ3n) is 3.91. The van der Waals surface area contributed by atoms with Crippen molar-refractivity contribution >= 4 is 27.3 Å². The molecule has 0 aliphatic carbocycles. The molecule has 0 bridgehead atoms. The monoisotopic (exact) mass is 439 g/mol. The number of nitrogens with one attached hydrogen (secondary N) is 3. The summed E-state index contributed by atoms with van der Waals surface area (Å²) in [5, 5.41) is 9.61. The highest BCUT2D eigenvalue weighted by molar-refractivity contribution is 7.89. The highest BCUT2D eigenvalue weighted by Gasteiger charge is 2.13. The zero-order valence-corrected chi connectivity index (χ0v) is 18.7. The minimum atomic E-state index is -3.56. The van der Waals surface area contributed by atoms with Gasteiger partial charge < -0.3 is 15.4 Å². The molecular weight excluding hydrogens is 410 g/mol. The number of methoxy groups -OCH3 is 1. The van der Waals surface area contributed by atoms with Crippen molar-refractivity contribution in [1.29, 1.82) is 0 Å². The van der Waals surface area contributed by atoms with E-state index in [0.717, 1.165) is 29.2 Å². The molecule has 10 heteroatoms. The summed E-state index contributed by atoms with van der Waals surface area (Å²) in [4.78, 5) is 9.23. The fourth-order valence-electron chi connectivity index (χ4n) is 2.52. The first-order chi connectivity index (χ1) is 13.9. The number of nitrogens with zero attached hydrogens (tertiary/aromatic N) is 2. The molecule has 1 heterocycles. The van der Waals surface area contributed by atoms with Crippen LogP contribution in [0.2, 0.25) is 0 Å². The van der Waals surface area contributed by atoms with Gasteiger partial charge in [0.15, 0.2) is 5.96 Å². The smallest absolute Gasteiger partial charge is 0.240 e. The van der Waals surface area contributed by atoms with E-state index < -0.39 is 10.0 Å². The minimum absolute atomic E-state index is 0.221. The molecule has 0 radical (unpaired) electrons. The molecule has 0 amide bonds. The number of sulfonamides is 1. The quantitative estimate of drug-likeness (QED) is 0.280. The van der Waals surface area contributed by atoms with Gasteiger partial charge in [-0.25, -0.2) is 23.1 Å². The van der Waals surface area contributed by atoms with Crippen molar-refractivity contribution in [3.63, 3.8) is 0 Å². The first-order valence-electron chi connectivity index (χ1n) is 9.45. The molecule has 3 N–H and O–H groups in total. The van der Waals surface area contributed by atoms with Crippen molar-refractivity contribution < 1.29 is 13.2 Å². The Hall–Kier alpha value is -2.01. The molecule has 2 rings (SSSR count). The second-order valence-electron chi connectivity index (χ2n) is 6.27. The molecule has 0 fully saturated rings. The zero-order chi connectivity index (χ0) is 21.1. The lowest BCUT2D eigenvalue weighted by Crippen LogP contribution is -2.38. The van der Waals surface area contributed by atoms with Gasteiger partial charge in [-0.1, -0.05) is 12.1 Å². The van der Waals surface area contributed by atoms with Crippen LogP contribution in [-0.4, -0.2) is 52.7 Å². The predicted molar refractivity (Wildman–Crippen MR) is 117 cm³/mol. The molecule has 8 nitrogen and oxygen atoms in total. The van der Waals surface area contributed by atoms with Gasteiger partial charge in [0.05, 0.1) is 28.7 Å². The summed E-state index contributed by atoms with van der Waals surface area (Å²) in [5.74, 6) is 0.686. The van der Waals surface area contributed by atoms with Gasteiger partial charge >= 0.3 is 0 Å². The van der Waals surface area contributed by atoms with Gasteiger partial charge in [-0.2, -0.15) is 0 Å². The summed E-state index contributed by atoms with van der Waals surface area (Å²) in [6.45, 7) is 6.36. The van der Waals surface area contributed by atoms with Crippen LogP contribution in [0.1, 0.15) is 23.2 Å². The zero-order valence-electron chi connectivity index (χ0n) is 17.1. The predicted octanol–water partition coefficient (Wildman–Crippen LogP) is 1.67. The van der Waals surface area contributed by atoms with Gasteiger partial charge in [0.2, 0.25) is 10.0 Å². The summed E-state index contributed by atoms with van der Waals surface area (Å²) in [6, 6.07) is 6.79. The summed E-state index contributed by atoms with van der Waals surface area (Å²) in [6.07, 6.45) is 0.815. The van der Waals surface area contributed by atoms with Gasteiger partial charge in [-0.3, -0.25) is 0 Å². The van der Waals surface area contributed by atoms with E-state index in [9.17, 15) is 8.42 Å². The molecular formula is C19H29N5O3S2. The van der Waals surface area contributed by atoms with Crippen LogP contribution in [0, 0.1) is 6.92 Å². The summed E-state index contributed by atoms with van der Waals surface area (Å²) < 4.78 is 32.1. The Morgan fingerprint density at radius 2 is 2.10 bits per heavy atom. The maximum atomic E-state index is 12.3. The maximum absolute atomic E-state index is 12.3. The second-order valence-corrected chi connectivity index (χ2v) is 9.10. The molecule has 0 unspecified atom stereocenters. The SMILES string of the molecule is CCNC(=NCc1cccc(S(=O)(=O)NCCOC)c1)NCCc1csc(C)n1. The van der Waals surface area contributed by atoms with Gasteiger partial charge in [0.1, 0.15) is 0 Å². The lowest BCUT2D eigenvalue weighted by atomic mass is 10.2. The van der Waals surface area contributed by atoms with Crippen molar-refractivity contribution in [3.8, 4) is 0 Å². The van der Waals surface area contributed by atoms with Crippen molar-refractivity contribution in [2.75, 3.05) is 33.4 Å². The van der Waals surface area contributed by atoms with Gasteiger partial charge in [0.25, 0.3) is 0 Å². The number of aromatic nitrogens is 1. The molecule has 0 saturated carbocycles. The third kappa shape index (κ3) is 8.09. The molecule has 0 spiro atoms. The molecule has 29 heavy (non-hydrogen) atoms. The number of rotatable bonds is 11. The van der Waals surface area contributed by atoms with Crippen LogP contribution in [0.3, 0.4) is 0 Å². The molecule has 0 saturated heterocycles. The van der Waals surface area contributed by atoms with E-state index in [4.69, 9.17) is 4.74 Å². The number of hydrogen-bond donors (Lipinski definition) is 3. The molecule has 0 atom stereocenters. The van der Waals surface area contributed by atoms with Crippen LogP contribution in [0.4, 0.5) is 0 Å². The average molecular weight is 440 g/mol. The van der Waals surface area contributed by atoms with Crippen molar-refractivity contribution in [2.45, 2.75) is 31.7 Å².